The summed E-state index contributed by atoms with van der Waals surface area (Å²) in [6, 6.07) is 13.9. The van der Waals surface area contributed by atoms with E-state index in [0.29, 0.717) is 12.2 Å². The van der Waals surface area contributed by atoms with E-state index in [4.69, 9.17) is 19.9 Å². The third-order valence-corrected chi connectivity index (χ3v) is 7.92. The first-order valence-electron chi connectivity index (χ1n) is 10.5. The zero-order valence-corrected chi connectivity index (χ0v) is 21.6. The molecule has 3 rings (SSSR count). The van der Waals surface area contributed by atoms with Gasteiger partial charge in [0.05, 0.1) is 25.2 Å². The second-order valence-electron chi connectivity index (χ2n) is 7.51. The van der Waals surface area contributed by atoms with Crippen LogP contribution >= 0.6 is 22.6 Å². The van der Waals surface area contributed by atoms with Crippen LogP contribution in [-0.2, 0) is 24.3 Å². The number of amides is 1. The number of hydrogen-bond donors (Lipinski definition) is 2. The number of aliphatic hydroxyl groups is 1. The molecule has 9 nitrogen and oxygen atoms in total. The van der Waals surface area contributed by atoms with E-state index in [9.17, 15) is 18.3 Å². The fourth-order valence-electron chi connectivity index (χ4n) is 3.52. The van der Waals surface area contributed by atoms with Gasteiger partial charge in [-0.3, -0.25) is 4.79 Å². The van der Waals surface area contributed by atoms with Gasteiger partial charge >= 0.3 is 0 Å². The van der Waals surface area contributed by atoms with E-state index in [2.05, 4.69) is 22.6 Å². The number of methoxy groups -OCH3 is 1. The fourth-order valence-corrected chi connectivity index (χ4v) is 5.29. The molecular formula is C23H27IN2O7S. The molecule has 184 valence electrons. The molecule has 2 aromatic rings. The number of ether oxygens (including phenoxy) is 3. The highest BCUT2D eigenvalue weighted by Crippen LogP contribution is 2.31. The van der Waals surface area contributed by atoms with E-state index >= 15 is 0 Å². The SMILES string of the molecule is COc1ccc(S(=O)(=O)N(CCO)CCO[C@@H]2C[C@H](c3ccc(I)cc3)C=C(C(N)=O)O2)cc1. The molecule has 0 saturated carbocycles. The van der Waals surface area contributed by atoms with Crippen molar-refractivity contribution in [2.75, 3.05) is 33.4 Å². The zero-order valence-electron chi connectivity index (χ0n) is 18.6. The Kier molecular flexibility index (Phi) is 9.31. The molecule has 34 heavy (non-hydrogen) atoms. The Hall–Kier alpha value is -2.19. The van der Waals surface area contributed by atoms with Gasteiger partial charge in [0, 0.05) is 29.0 Å². The Bertz CT molecular complexity index is 1110. The summed E-state index contributed by atoms with van der Waals surface area (Å²) in [6.07, 6.45) is 1.33. The number of halogens is 1. The number of rotatable bonds is 11. The summed E-state index contributed by atoms with van der Waals surface area (Å²) < 4.78 is 44.7. The third kappa shape index (κ3) is 6.69. The molecule has 0 spiro atoms. The summed E-state index contributed by atoms with van der Waals surface area (Å²) in [5.41, 5.74) is 6.43. The second-order valence-corrected chi connectivity index (χ2v) is 10.7. The van der Waals surface area contributed by atoms with Crippen LogP contribution in [0.5, 0.6) is 5.75 Å². The molecule has 0 aliphatic carbocycles. The van der Waals surface area contributed by atoms with Crippen LogP contribution in [0.4, 0.5) is 0 Å². The van der Waals surface area contributed by atoms with E-state index in [1.165, 1.54) is 19.2 Å². The van der Waals surface area contributed by atoms with Crippen molar-refractivity contribution in [2.24, 2.45) is 5.73 Å². The Morgan fingerprint density at radius 2 is 1.85 bits per heavy atom. The third-order valence-electron chi connectivity index (χ3n) is 5.29. The highest BCUT2D eigenvalue weighted by atomic mass is 127. The number of carbonyl (C=O) groups is 1. The minimum Gasteiger partial charge on any atom is -0.497 e. The van der Waals surface area contributed by atoms with Gasteiger partial charge in [-0.15, -0.1) is 0 Å². The van der Waals surface area contributed by atoms with Crippen LogP contribution in [0.25, 0.3) is 0 Å². The standard InChI is InChI=1S/C23H27IN2O7S/c1-31-19-6-8-20(9-7-19)34(29,30)26(10-12-27)11-13-32-22-15-17(14-21(33-22)23(25)28)16-2-4-18(24)5-3-16/h2-9,14,17,22,27H,10-13,15H2,1H3,(H2,25,28)/t17-,22+/m1/s1. The highest BCUT2D eigenvalue weighted by molar-refractivity contribution is 14.1. The van der Waals surface area contributed by atoms with Gasteiger partial charge in [-0.2, -0.15) is 4.31 Å². The molecule has 0 unspecified atom stereocenters. The lowest BCUT2D eigenvalue weighted by Crippen LogP contribution is -2.38. The van der Waals surface area contributed by atoms with E-state index in [1.54, 1.807) is 18.2 Å². The molecule has 3 N–H and O–H groups in total. The average molecular weight is 602 g/mol. The van der Waals surface area contributed by atoms with Crippen molar-refractivity contribution in [3.05, 3.63) is 69.5 Å². The molecule has 0 saturated heterocycles. The van der Waals surface area contributed by atoms with Crippen LogP contribution in [0.1, 0.15) is 17.9 Å². The maximum absolute atomic E-state index is 13.0. The fraction of sp³-hybridized carbons (Fsp3) is 0.348. The molecule has 2 atom stereocenters. The summed E-state index contributed by atoms with van der Waals surface area (Å²) >= 11 is 2.21. The monoisotopic (exact) mass is 602 g/mol. The minimum absolute atomic E-state index is 0.00843. The first-order valence-corrected chi connectivity index (χ1v) is 13.1. The van der Waals surface area contributed by atoms with Gasteiger partial charge in [-0.1, -0.05) is 12.1 Å². The largest absolute Gasteiger partial charge is 0.497 e. The number of aliphatic hydroxyl groups excluding tert-OH is 1. The van der Waals surface area contributed by atoms with Crippen LogP contribution < -0.4 is 10.5 Å². The highest BCUT2D eigenvalue weighted by Gasteiger charge is 2.29. The van der Waals surface area contributed by atoms with Crippen molar-refractivity contribution in [2.45, 2.75) is 23.5 Å². The van der Waals surface area contributed by atoms with Gasteiger partial charge in [-0.25, -0.2) is 8.42 Å². The molecule has 11 heteroatoms. The summed E-state index contributed by atoms with van der Waals surface area (Å²) in [5, 5.41) is 9.40. The molecule has 2 aromatic carbocycles. The Labute approximate surface area is 212 Å². The van der Waals surface area contributed by atoms with Gasteiger partial charge in [-0.05, 0) is 70.6 Å². The first-order chi connectivity index (χ1) is 16.2. The lowest BCUT2D eigenvalue weighted by molar-refractivity contribution is -0.144. The topological polar surface area (TPSA) is 128 Å². The maximum atomic E-state index is 13.0. The van der Waals surface area contributed by atoms with Gasteiger partial charge < -0.3 is 25.1 Å². The summed E-state index contributed by atoms with van der Waals surface area (Å²) in [4.78, 5) is 11.9. The van der Waals surface area contributed by atoms with Crippen molar-refractivity contribution in [3.63, 3.8) is 0 Å². The number of allylic oxidation sites excluding steroid dienone is 1. The molecule has 1 heterocycles. The van der Waals surface area contributed by atoms with Crippen LogP contribution in [-0.4, -0.2) is 63.4 Å². The molecule has 1 aliphatic rings. The summed E-state index contributed by atoms with van der Waals surface area (Å²) in [7, 11) is -2.37. The second kappa shape index (κ2) is 12.0. The molecular weight excluding hydrogens is 575 g/mol. The normalized spacial score (nSPS) is 18.3. The lowest BCUT2D eigenvalue weighted by atomic mass is 9.93. The van der Waals surface area contributed by atoms with Crippen molar-refractivity contribution in [1.82, 2.24) is 4.31 Å². The quantitative estimate of drug-likeness (QED) is 0.378. The number of hydrogen-bond acceptors (Lipinski definition) is 7. The van der Waals surface area contributed by atoms with Crippen LogP contribution in [0.3, 0.4) is 0 Å². The Balaban J connectivity index is 1.67. The molecule has 0 bridgehead atoms. The van der Waals surface area contributed by atoms with Gasteiger partial charge in [0.25, 0.3) is 5.91 Å². The molecule has 1 amide bonds. The number of nitrogens with two attached hydrogens (primary N) is 1. The number of benzene rings is 2. The van der Waals surface area contributed by atoms with E-state index < -0.39 is 22.2 Å². The van der Waals surface area contributed by atoms with Gasteiger partial charge in [0.15, 0.2) is 5.76 Å². The van der Waals surface area contributed by atoms with E-state index in [0.717, 1.165) is 13.4 Å². The van der Waals surface area contributed by atoms with Crippen molar-refractivity contribution < 1.29 is 32.5 Å². The van der Waals surface area contributed by atoms with Crippen molar-refractivity contribution in [3.8, 4) is 5.75 Å². The first kappa shape index (κ1) is 26.4. The predicted octanol–water partition coefficient (Wildman–Crippen LogP) is 2.20. The van der Waals surface area contributed by atoms with E-state index in [-0.39, 0.29) is 42.9 Å². The number of carbonyl (C=O) groups excluding carboxylic acids is 1. The van der Waals surface area contributed by atoms with Crippen LogP contribution in [0, 0.1) is 3.57 Å². The molecule has 0 fully saturated rings. The molecule has 0 aromatic heterocycles. The summed E-state index contributed by atoms with van der Waals surface area (Å²) in [6.45, 7) is -0.468. The Morgan fingerprint density at radius 1 is 1.18 bits per heavy atom. The number of nitrogens with zero attached hydrogens (tertiary/aromatic N) is 1. The number of sulfonamides is 1. The zero-order chi connectivity index (χ0) is 24.7. The lowest BCUT2D eigenvalue weighted by Gasteiger charge is -2.29. The average Bonchev–Trinajstić information content (AvgIpc) is 2.83. The van der Waals surface area contributed by atoms with Crippen LogP contribution in [0.2, 0.25) is 0 Å². The van der Waals surface area contributed by atoms with Gasteiger partial charge in [0.1, 0.15) is 5.75 Å². The number of primary amides is 1. The predicted molar refractivity (Wildman–Crippen MR) is 133 cm³/mol. The van der Waals surface area contributed by atoms with Crippen LogP contribution in [0.15, 0.2) is 65.3 Å². The smallest absolute Gasteiger partial charge is 0.283 e. The van der Waals surface area contributed by atoms with Crippen molar-refractivity contribution >= 4 is 38.5 Å². The minimum atomic E-state index is -3.86. The Morgan fingerprint density at radius 3 is 2.44 bits per heavy atom. The molecule has 1 aliphatic heterocycles. The summed E-state index contributed by atoms with van der Waals surface area (Å²) in [5.74, 6) is -0.299. The van der Waals surface area contributed by atoms with Gasteiger partial charge in [0.2, 0.25) is 16.3 Å². The van der Waals surface area contributed by atoms with Crippen molar-refractivity contribution in [1.29, 1.82) is 0 Å². The molecule has 0 radical (unpaired) electrons. The maximum Gasteiger partial charge on any atom is 0.283 e. The van der Waals surface area contributed by atoms with E-state index in [1.807, 2.05) is 24.3 Å².